The Balaban J connectivity index is 3.00. The molecule has 0 fully saturated rings. The molecular weight excluding hydrogens is 187 g/mol. The van der Waals surface area contributed by atoms with Crippen LogP contribution in [0.5, 0.6) is 0 Å². The van der Waals surface area contributed by atoms with Gasteiger partial charge in [0.1, 0.15) is 6.17 Å². The van der Waals surface area contributed by atoms with Crippen LogP contribution in [0.25, 0.3) is 0 Å². The van der Waals surface area contributed by atoms with Gasteiger partial charge in [-0.05, 0) is 19.0 Å². The molecule has 5 heteroatoms. The standard InChI is InChI=1S/C9H11FN2O2/c10-8(5-6-11)7-3-1-2-4-9(7)12(13)14/h1-4,8H,5-6,11H2. The van der Waals surface area contributed by atoms with Gasteiger partial charge in [0.2, 0.25) is 0 Å². The third-order valence-electron chi connectivity index (χ3n) is 1.89. The molecule has 0 amide bonds. The van der Waals surface area contributed by atoms with Crippen LogP contribution in [0, 0.1) is 10.1 Å². The van der Waals surface area contributed by atoms with E-state index in [4.69, 9.17) is 5.73 Å². The highest BCUT2D eigenvalue weighted by Crippen LogP contribution is 2.28. The minimum Gasteiger partial charge on any atom is -0.330 e. The van der Waals surface area contributed by atoms with Crippen LogP contribution < -0.4 is 5.73 Å². The fourth-order valence-corrected chi connectivity index (χ4v) is 1.22. The minimum absolute atomic E-state index is 0.1000. The third-order valence-corrected chi connectivity index (χ3v) is 1.89. The number of alkyl halides is 1. The van der Waals surface area contributed by atoms with Gasteiger partial charge in [-0.3, -0.25) is 10.1 Å². The summed E-state index contributed by atoms with van der Waals surface area (Å²) in [4.78, 5) is 9.95. The molecule has 0 heterocycles. The number of nitrogens with two attached hydrogens (primary N) is 1. The van der Waals surface area contributed by atoms with Crippen molar-refractivity contribution in [2.45, 2.75) is 12.6 Å². The van der Waals surface area contributed by atoms with E-state index >= 15 is 0 Å². The molecule has 0 aromatic heterocycles. The summed E-state index contributed by atoms with van der Waals surface area (Å²) < 4.78 is 13.4. The van der Waals surface area contributed by atoms with Crippen LogP contribution in [0.15, 0.2) is 24.3 Å². The Labute approximate surface area is 80.7 Å². The number of nitro benzene ring substituents is 1. The van der Waals surface area contributed by atoms with Crippen LogP contribution in [0.4, 0.5) is 10.1 Å². The van der Waals surface area contributed by atoms with Crippen molar-refractivity contribution < 1.29 is 9.31 Å². The molecule has 0 radical (unpaired) electrons. The first-order chi connectivity index (χ1) is 6.66. The van der Waals surface area contributed by atoms with Crippen LogP contribution >= 0.6 is 0 Å². The van der Waals surface area contributed by atoms with Crippen molar-refractivity contribution >= 4 is 5.69 Å². The first-order valence-electron chi connectivity index (χ1n) is 4.24. The van der Waals surface area contributed by atoms with E-state index in [2.05, 4.69) is 0 Å². The van der Waals surface area contributed by atoms with E-state index in [0.717, 1.165) is 0 Å². The van der Waals surface area contributed by atoms with Gasteiger partial charge in [-0.15, -0.1) is 0 Å². The predicted molar refractivity (Wildman–Crippen MR) is 50.6 cm³/mol. The number of nitrogens with zero attached hydrogens (tertiary/aromatic N) is 1. The second-order valence-electron chi connectivity index (χ2n) is 2.86. The molecule has 2 N–H and O–H groups in total. The maximum atomic E-state index is 13.4. The topological polar surface area (TPSA) is 69.2 Å². The van der Waals surface area contributed by atoms with Gasteiger partial charge in [-0.25, -0.2) is 4.39 Å². The molecule has 1 aromatic carbocycles. The van der Waals surface area contributed by atoms with Crippen LogP contribution in [0.3, 0.4) is 0 Å². The van der Waals surface area contributed by atoms with Crippen molar-refractivity contribution in [2.24, 2.45) is 5.73 Å². The van der Waals surface area contributed by atoms with Gasteiger partial charge in [0.15, 0.2) is 0 Å². The summed E-state index contributed by atoms with van der Waals surface area (Å²) in [6, 6.07) is 5.79. The number of hydrogen-bond donors (Lipinski definition) is 1. The highest BCUT2D eigenvalue weighted by atomic mass is 19.1. The van der Waals surface area contributed by atoms with E-state index in [1.807, 2.05) is 0 Å². The molecular formula is C9H11FN2O2. The van der Waals surface area contributed by atoms with Gasteiger partial charge in [0.25, 0.3) is 5.69 Å². The second kappa shape index (κ2) is 4.66. The van der Waals surface area contributed by atoms with E-state index in [-0.39, 0.29) is 24.2 Å². The molecule has 0 aliphatic rings. The predicted octanol–water partition coefficient (Wildman–Crippen LogP) is 1.95. The summed E-state index contributed by atoms with van der Waals surface area (Å²) in [5.74, 6) is 0. The van der Waals surface area contributed by atoms with Crippen molar-refractivity contribution in [3.05, 3.63) is 39.9 Å². The summed E-state index contributed by atoms with van der Waals surface area (Å²) in [5.41, 5.74) is 5.10. The summed E-state index contributed by atoms with van der Waals surface area (Å²) in [6.45, 7) is 0.174. The summed E-state index contributed by atoms with van der Waals surface area (Å²) >= 11 is 0. The molecule has 1 aromatic rings. The molecule has 0 bridgehead atoms. The molecule has 0 aliphatic carbocycles. The number of hydrogen-bond acceptors (Lipinski definition) is 3. The Morgan fingerprint density at radius 2 is 2.14 bits per heavy atom. The van der Waals surface area contributed by atoms with Gasteiger partial charge in [0.05, 0.1) is 10.5 Å². The Bertz CT molecular complexity index is 330. The zero-order valence-electron chi connectivity index (χ0n) is 7.52. The van der Waals surface area contributed by atoms with E-state index in [1.54, 1.807) is 6.07 Å². The van der Waals surface area contributed by atoms with E-state index in [0.29, 0.717) is 0 Å². The number of rotatable bonds is 4. The molecule has 0 saturated heterocycles. The first kappa shape index (κ1) is 10.6. The van der Waals surface area contributed by atoms with Crippen LogP contribution in [-0.2, 0) is 0 Å². The molecule has 1 unspecified atom stereocenters. The lowest BCUT2D eigenvalue weighted by molar-refractivity contribution is -0.386. The number of benzene rings is 1. The van der Waals surface area contributed by atoms with Gasteiger partial charge in [-0.2, -0.15) is 0 Å². The van der Waals surface area contributed by atoms with Crippen LogP contribution in [0.1, 0.15) is 18.2 Å². The molecule has 1 rings (SSSR count). The van der Waals surface area contributed by atoms with E-state index < -0.39 is 11.1 Å². The zero-order chi connectivity index (χ0) is 10.6. The maximum Gasteiger partial charge on any atom is 0.275 e. The van der Waals surface area contributed by atoms with Crippen molar-refractivity contribution in [3.8, 4) is 0 Å². The monoisotopic (exact) mass is 198 g/mol. The summed E-state index contributed by atoms with van der Waals surface area (Å²) in [6.07, 6.45) is -1.26. The third kappa shape index (κ3) is 2.26. The highest BCUT2D eigenvalue weighted by molar-refractivity contribution is 5.41. The first-order valence-corrected chi connectivity index (χ1v) is 4.24. The minimum atomic E-state index is -1.36. The van der Waals surface area contributed by atoms with Gasteiger partial charge < -0.3 is 5.73 Å². The molecule has 4 nitrogen and oxygen atoms in total. The van der Waals surface area contributed by atoms with Crippen LogP contribution in [0.2, 0.25) is 0 Å². The van der Waals surface area contributed by atoms with E-state index in [1.165, 1.54) is 18.2 Å². The molecule has 76 valence electrons. The number of halogens is 1. The SMILES string of the molecule is NCCC(F)c1ccccc1[N+](=O)[O-]. The lowest BCUT2D eigenvalue weighted by Crippen LogP contribution is -2.05. The zero-order valence-corrected chi connectivity index (χ0v) is 7.52. The fraction of sp³-hybridized carbons (Fsp3) is 0.333. The molecule has 1 atom stereocenters. The smallest absolute Gasteiger partial charge is 0.275 e. The van der Waals surface area contributed by atoms with Crippen LogP contribution in [-0.4, -0.2) is 11.5 Å². The summed E-state index contributed by atoms with van der Waals surface area (Å²) in [5, 5.41) is 10.5. The van der Waals surface area contributed by atoms with E-state index in [9.17, 15) is 14.5 Å². The van der Waals surface area contributed by atoms with Crippen molar-refractivity contribution in [1.29, 1.82) is 0 Å². The Hall–Kier alpha value is -1.49. The average molecular weight is 198 g/mol. The fourth-order valence-electron chi connectivity index (χ4n) is 1.22. The number of para-hydroxylation sites is 1. The normalized spacial score (nSPS) is 12.4. The van der Waals surface area contributed by atoms with Gasteiger partial charge in [0, 0.05) is 6.07 Å². The van der Waals surface area contributed by atoms with Gasteiger partial charge >= 0.3 is 0 Å². The maximum absolute atomic E-state index is 13.4. The average Bonchev–Trinajstić information content (AvgIpc) is 2.18. The van der Waals surface area contributed by atoms with Crippen molar-refractivity contribution in [1.82, 2.24) is 0 Å². The van der Waals surface area contributed by atoms with Crippen molar-refractivity contribution in [2.75, 3.05) is 6.54 Å². The molecule has 0 saturated carbocycles. The highest BCUT2D eigenvalue weighted by Gasteiger charge is 2.19. The number of nitro groups is 1. The Morgan fingerprint density at radius 1 is 1.50 bits per heavy atom. The van der Waals surface area contributed by atoms with Crippen molar-refractivity contribution in [3.63, 3.8) is 0 Å². The Kier molecular flexibility index (Phi) is 3.53. The largest absolute Gasteiger partial charge is 0.330 e. The van der Waals surface area contributed by atoms with Gasteiger partial charge in [-0.1, -0.05) is 12.1 Å². The Morgan fingerprint density at radius 3 is 2.71 bits per heavy atom. The molecule has 14 heavy (non-hydrogen) atoms. The summed E-state index contributed by atoms with van der Waals surface area (Å²) in [7, 11) is 0. The lowest BCUT2D eigenvalue weighted by atomic mass is 10.1. The quantitative estimate of drug-likeness (QED) is 0.593. The second-order valence-corrected chi connectivity index (χ2v) is 2.86. The lowest BCUT2D eigenvalue weighted by Gasteiger charge is -2.06. The molecule has 0 aliphatic heterocycles. The molecule has 0 spiro atoms.